The van der Waals surface area contributed by atoms with E-state index in [-0.39, 0.29) is 5.41 Å². The van der Waals surface area contributed by atoms with Crippen LogP contribution in [0.15, 0.2) is 36.9 Å². The number of benzene rings is 1. The van der Waals surface area contributed by atoms with Crippen molar-refractivity contribution in [2.24, 2.45) is 5.41 Å². The number of ether oxygens (including phenoxy) is 2. The van der Waals surface area contributed by atoms with Crippen LogP contribution in [-0.4, -0.2) is 24.9 Å². The fourth-order valence-corrected chi connectivity index (χ4v) is 3.09. The Morgan fingerprint density at radius 1 is 1.24 bits per heavy atom. The number of hydrogen-bond donors (Lipinski definition) is 1. The van der Waals surface area contributed by atoms with Gasteiger partial charge in [-0.2, -0.15) is 0 Å². The van der Waals surface area contributed by atoms with Gasteiger partial charge in [-0.1, -0.05) is 44.7 Å². The minimum atomic E-state index is -1.09. The number of methoxy groups -OCH3 is 2. The molecular weight excluding hydrogens is 264 g/mol. The minimum Gasteiger partial charge on any atom is -0.493 e. The van der Waals surface area contributed by atoms with Crippen molar-refractivity contribution >= 4 is 5.57 Å². The standard InChI is InChI=1S/C18H24O3/c1-6-18(19)14(10-8-12-17(18,2)3)13-9-7-11-15(20-4)16(13)21-5/h6-7,9-11,19H,1,8,12H2,2-5H3. The molecule has 1 aliphatic carbocycles. The van der Waals surface area contributed by atoms with Gasteiger partial charge in [0, 0.05) is 11.0 Å². The molecule has 0 saturated carbocycles. The Morgan fingerprint density at radius 2 is 1.95 bits per heavy atom. The summed E-state index contributed by atoms with van der Waals surface area (Å²) in [6.45, 7) is 7.99. The third-order valence-electron chi connectivity index (χ3n) is 4.55. The molecule has 0 heterocycles. The van der Waals surface area contributed by atoms with Crippen molar-refractivity contribution in [1.29, 1.82) is 0 Å². The second-order valence-electron chi connectivity index (χ2n) is 6.05. The third kappa shape index (κ3) is 2.36. The summed E-state index contributed by atoms with van der Waals surface area (Å²) in [5, 5.41) is 11.2. The Morgan fingerprint density at radius 3 is 2.52 bits per heavy atom. The summed E-state index contributed by atoms with van der Waals surface area (Å²) in [4.78, 5) is 0. The van der Waals surface area contributed by atoms with Crippen LogP contribution in [0.2, 0.25) is 0 Å². The molecule has 2 rings (SSSR count). The molecule has 1 unspecified atom stereocenters. The summed E-state index contributed by atoms with van der Waals surface area (Å²) in [6.07, 6.45) is 5.53. The van der Waals surface area contributed by atoms with E-state index in [1.54, 1.807) is 20.3 Å². The smallest absolute Gasteiger partial charge is 0.168 e. The predicted octanol–water partition coefficient (Wildman–Crippen LogP) is 3.82. The zero-order valence-electron chi connectivity index (χ0n) is 13.3. The molecule has 0 amide bonds. The van der Waals surface area contributed by atoms with Crippen LogP contribution < -0.4 is 9.47 Å². The van der Waals surface area contributed by atoms with Crippen molar-refractivity contribution in [3.05, 3.63) is 42.5 Å². The monoisotopic (exact) mass is 288 g/mol. The summed E-state index contributed by atoms with van der Waals surface area (Å²) in [5.74, 6) is 1.30. The van der Waals surface area contributed by atoms with Crippen molar-refractivity contribution in [2.45, 2.75) is 32.3 Å². The maximum Gasteiger partial charge on any atom is 0.168 e. The van der Waals surface area contributed by atoms with Gasteiger partial charge in [-0.3, -0.25) is 0 Å². The molecule has 1 aliphatic rings. The molecule has 21 heavy (non-hydrogen) atoms. The average molecular weight is 288 g/mol. The van der Waals surface area contributed by atoms with Crippen molar-refractivity contribution in [3.63, 3.8) is 0 Å². The zero-order valence-corrected chi connectivity index (χ0v) is 13.3. The highest BCUT2D eigenvalue weighted by Gasteiger charge is 2.46. The van der Waals surface area contributed by atoms with E-state index in [1.807, 2.05) is 18.2 Å². The molecule has 3 heteroatoms. The predicted molar refractivity (Wildman–Crippen MR) is 85.7 cm³/mol. The topological polar surface area (TPSA) is 38.7 Å². The average Bonchev–Trinajstić information content (AvgIpc) is 2.48. The summed E-state index contributed by atoms with van der Waals surface area (Å²) < 4.78 is 10.9. The molecule has 0 aromatic heterocycles. The Hall–Kier alpha value is -1.74. The van der Waals surface area contributed by atoms with E-state index in [0.717, 1.165) is 24.0 Å². The van der Waals surface area contributed by atoms with Crippen LogP contribution in [0.1, 0.15) is 32.3 Å². The van der Waals surface area contributed by atoms with E-state index < -0.39 is 5.60 Å². The van der Waals surface area contributed by atoms with Crippen molar-refractivity contribution in [3.8, 4) is 11.5 Å². The molecular formula is C18H24O3. The first-order valence-electron chi connectivity index (χ1n) is 7.19. The van der Waals surface area contributed by atoms with Gasteiger partial charge < -0.3 is 14.6 Å². The van der Waals surface area contributed by atoms with Gasteiger partial charge in [-0.05, 0) is 24.5 Å². The van der Waals surface area contributed by atoms with E-state index in [9.17, 15) is 5.11 Å². The lowest BCUT2D eigenvalue weighted by Crippen LogP contribution is -2.45. The molecule has 1 atom stereocenters. The number of rotatable bonds is 4. The van der Waals surface area contributed by atoms with Crippen LogP contribution in [0.5, 0.6) is 11.5 Å². The molecule has 1 N–H and O–H groups in total. The Kier molecular flexibility index (Phi) is 4.15. The highest BCUT2D eigenvalue weighted by atomic mass is 16.5. The maximum atomic E-state index is 11.2. The first-order chi connectivity index (χ1) is 9.91. The summed E-state index contributed by atoms with van der Waals surface area (Å²) in [6, 6.07) is 5.70. The highest BCUT2D eigenvalue weighted by molar-refractivity contribution is 5.80. The summed E-state index contributed by atoms with van der Waals surface area (Å²) in [7, 11) is 3.23. The zero-order chi connectivity index (χ0) is 15.7. The minimum absolute atomic E-state index is 0.285. The van der Waals surface area contributed by atoms with Gasteiger partial charge in [0.1, 0.15) is 5.60 Å². The van der Waals surface area contributed by atoms with Gasteiger partial charge in [-0.15, -0.1) is 0 Å². The van der Waals surface area contributed by atoms with Gasteiger partial charge in [0.05, 0.1) is 14.2 Å². The molecule has 0 fully saturated rings. The van der Waals surface area contributed by atoms with Crippen LogP contribution >= 0.6 is 0 Å². The van der Waals surface area contributed by atoms with Crippen LogP contribution in [0.25, 0.3) is 5.57 Å². The summed E-state index contributed by atoms with van der Waals surface area (Å²) in [5.41, 5.74) is 0.314. The van der Waals surface area contributed by atoms with Gasteiger partial charge in [0.2, 0.25) is 0 Å². The molecule has 0 bridgehead atoms. The van der Waals surface area contributed by atoms with Gasteiger partial charge in [0.15, 0.2) is 11.5 Å². The number of para-hydroxylation sites is 1. The number of hydrogen-bond acceptors (Lipinski definition) is 3. The number of allylic oxidation sites excluding steroid dienone is 1. The molecule has 0 spiro atoms. The van der Waals surface area contributed by atoms with Crippen molar-refractivity contribution in [1.82, 2.24) is 0 Å². The second kappa shape index (κ2) is 5.57. The number of aliphatic hydroxyl groups is 1. The fourth-order valence-electron chi connectivity index (χ4n) is 3.09. The van der Waals surface area contributed by atoms with Gasteiger partial charge in [0.25, 0.3) is 0 Å². The van der Waals surface area contributed by atoms with Crippen molar-refractivity contribution < 1.29 is 14.6 Å². The van der Waals surface area contributed by atoms with E-state index in [4.69, 9.17) is 9.47 Å². The van der Waals surface area contributed by atoms with Crippen molar-refractivity contribution in [2.75, 3.05) is 14.2 Å². The lowest BCUT2D eigenvalue weighted by Gasteiger charge is -2.45. The molecule has 1 aromatic rings. The van der Waals surface area contributed by atoms with Crippen LogP contribution in [0.3, 0.4) is 0 Å². The molecule has 1 aromatic carbocycles. The molecule has 0 radical (unpaired) electrons. The van der Waals surface area contributed by atoms with E-state index >= 15 is 0 Å². The van der Waals surface area contributed by atoms with Gasteiger partial charge >= 0.3 is 0 Å². The molecule has 0 aliphatic heterocycles. The normalized spacial score (nSPS) is 24.1. The van der Waals surface area contributed by atoms with Crippen LogP contribution in [0.4, 0.5) is 0 Å². The quantitative estimate of drug-likeness (QED) is 0.856. The molecule has 3 nitrogen and oxygen atoms in total. The second-order valence-corrected chi connectivity index (χ2v) is 6.05. The van der Waals surface area contributed by atoms with Gasteiger partial charge in [-0.25, -0.2) is 0 Å². The maximum absolute atomic E-state index is 11.2. The summed E-state index contributed by atoms with van der Waals surface area (Å²) >= 11 is 0. The molecule has 114 valence electrons. The lowest BCUT2D eigenvalue weighted by atomic mass is 9.63. The fraction of sp³-hybridized carbons (Fsp3) is 0.444. The first-order valence-corrected chi connectivity index (χ1v) is 7.19. The van der Waals surface area contributed by atoms with Crippen LogP contribution in [0, 0.1) is 5.41 Å². The highest BCUT2D eigenvalue weighted by Crippen LogP contribution is 2.51. The lowest BCUT2D eigenvalue weighted by molar-refractivity contribution is 0.0173. The Bertz CT molecular complexity index is 572. The Balaban J connectivity index is 2.65. The first kappa shape index (κ1) is 15.6. The van der Waals surface area contributed by atoms with E-state index in [0.29, 0.717) is 11.5 Å². The Labute approximate surface area is 126 Å². The third-order valence-corrected chi connectivity index (χ3v) is 4.55. The molecule has 0 saturated heterocycles. The van der Waals surface area contributed by atoms with Crippen LogP contribution in [-0.2, 0) is 0 Å². The largest absolute Gasteiger partial charge is 0.493 e. The SMILES string of the molecule is C=CC1(O)C(c2cccc(OC)c2OC)=CCCC1(C)C. The van der Waals surface area contributed by atoms with E-state index in [1.165, 1.54) is 0 Å². The van der Waals surface area contributed by atoms with E-state index in [2.05, 4.69) is 26.5 Å².